The normalized spacial score (nSPS) is 12.4. The third-order valence-corrected chi connectivity index (χ3v) is 5.18. The molecule has 0 saturated heterocycles. The van der Waals surface area contributed by atoms with Crippen LogP contribution in [0.15, 0.2) is 45.3 Å². The molecular formula is C16H15Br2Cl2N. The molecule has 0 fully saturated rings. The zero-order chi connectivity index (χ0) is 15.4. The molecule has 0 spiro atoms. The molecule has 21 heavy (non-hydrogen) atoms. The van der Waals surface area contributed by atoms with Crippen LogP contribution >= 0.6 is 55.1 Å². The molecule has 0 aliphatic heterocycles. The highest BCUT2D eigenvalue weighted by molar-refractivity contribution is 9.11. The largest absolute Gasteiger partial charge is 0.310 e. The Labute approximate surface area is 152 Å². The highest BCUT2D eigenvalue weighted by Crippen LogP contribution is 2.33. The van der Waals surface area contributed by atoms with Gasteiger partial charge in [-0.25, -0.2) is 0 Å². The lowest BCUT2D eigenvalue weighted by Crippen LogP contribution is -2.23. The van der Waals surface area contributed by atoms with Crippen molar-refractivity contribution in [3.8, 4) is 0 Å². The van der Waals surface area contributed by atoms with E-state index in [2.05, 4.69) is 50.2 Å². The maximum atomic E-state index is 6.30. The summed E-state index contributed by atoms with van der Waals surface area (Å²) in [5.74, 6) is 0. The number of hydrogen-bond acceptors (Lipinski definition) is 1. The number of hydrogen-bond donors (Lipinski definition) is 1. The molecule has 0 saturated carbocycles. The van der Waals surface area contributed by atoms with E-state index in [-0.39, 0.29) is 6.04 Å². The van der Waals surface area contributed by atoms with Gasteiger partial charge in [0.05, 0.1) is 0 Å². The van der Waals surface area contributed by atoms with Gasteiger partial charge in [0.1, 0.15) is 0 Å². The quantitative estimate of drug-likeness (QED) is 0.553. The van der Waals surface area contributed by atoms with E-state index < -0.39 is 0 Å². The average Bonchev–Trinajstić information content (AvgIpc) is 2.44. The standard InChI is InChI=1S/C16H15Br2Cl2N/c1-2-21-16(11-8-10(17)6-7-13(11)18)9-12-14(19)4-3-5-15(12)20/h3-8,16,21H,2,9H2,1H3. The molecule has 5 heteroatoms. The van der Waals surface area contributed by atoms with E-state index in [4.69, 9.17) is 23.2 Å². The Morgan fingerprint density at radius 1 is 1.10 bits per heavy atom. The van der Waals surface area contributed by atoms with E-state index in [9.17, 15) is 0 Å². The van der Waals surface area contributed by atoms with Crippen molar-refractivity contribution in [1.29, 1.82) is 0 Å². The smallest absolute Gasteiger partial charge is 0.0453 e. The molecule has 0 heterocycles. The topological polar surface area (TPSA) is 12.0 Å². The molecule has 0 bridgehead atoms. The van der Waals surface area contributed by atoms with Crippen LogP contribution in [0.5, 0.6) is 0 Å². The third kappa shape index (κ3) is 4.46. The molecule has 2 aromatic carbocycles. The number of likely N-dealkylation sites (N-methyl/N-ethyl adjacent to an activating group) is 1. The highest BCUT2D eigenvalue weighted by atomic mass is 79.9. The number of benzene rings is 2. The van der Waals surface area contributed by atoms with E-state index >= 15 is 0 Å². The summed E-state index contributed by atoms with van der Waals surface area (Å²) in [4.78, 5) is 0. The van der Waals surface area contributed by atoms with Crippen molar-refractivity contribution >= 4 is 55.1 Å². The lowest BCUT2D eigenvalue weighted by atomic mass is 9.98. The maximum Gasteiger partial charge on any atom is 0.0453 e. The van der Waals surface area contributed by atoms with Gasteiger partial charge in [0.2, 0.25) is 0 Å². The predicted octanol–water partition coefficient (Wildman–Crippen LogP) is 6.41. The van der Waals surface area contributed by atoms with Crippen LogP contribution in [0.2, 0.25) is 10.0 Å². The minimum Gasteiger partial charge on any atom is -0.310 e. The van der Waals surface area contributed by atoms with Gasteiger partial charge in [0.25, 0.3) is 0 Å². The first-order chi connectivity index (χ1) is 10.0. The van der Waals surface area contributed by atoms with Crippen LogP contribution in [0.25, 0.3) is 0 Å². The fourth-order valence-electron chi connectivity index (χ4n) is 2.25. The molecule has 1 N–H and O–H groups in total. The fourth-order valence-corrected chi connectivity index (χ4v) is 3.71. The number of nitrogens with one attached hydrogen (secondary N) is 1. The molecule has 0 amide bonds. The van der Waals surface area contributed by atoms with Crippen molar-refractivity contribution in [2.45, 2.75) is 19.4 Å². The first-order valence-electron chi connectivity index (χ1n) is 6.64. The van der Waals surface area contributed by atoms with Gasteiger partial charge >= 0.3 is 0 Å². The second-order valence-electron chi connectivity index (χ2n) is 4.68. The first kappa shape index (κ1) is 17.3. The summed E-state index contributed by atoms with van der Waals surface area (Å²) in [6.45, 7) is 2.96. The maximum absolute atomic E-state index is 6.30. The molecule has 0 aliphatic rings. The molecule has 0 aromatic heterocycles. The Bertz CT molecular complexity index is 611. The van der Waals surface area contributed by atoms with E-state index in [0.717, 1.165) is 27.5 Å². The van der Waals surface area contributed by atoms with Crippen LogP contribution in [-0.4, -0.2) is 6.54 Å². The van der Waals surface area contributed by atoms with Crippen molar-refractivity contribution in [3.05, 3.63) is 66.5 Å². The summed E-state index contributed by atoms with van der Waals surface area (Å²) < 4.78 is 2.12. The Morgan fingerprint density at radius 3 is 2.38 bits per heavy atom. The van der Waals surface area contributed by atoms with Gasteiger partial charge in [-0.1, -0.05) is 68.1 Å². The van der Waals surface area contributed by atoms with E-state index in [1.807, 2.05) is 30.3 Å². The van der Waals surface area contributed by atoms with Gasteiger partial charge in [-0.2, -0.15) is 0 Å². The van der Waals surface area contributed by atoms with Crippen LogP contribution < -0.4 is 5.32 Å². The lowest BCUT2D eigenvalue weighted by Gasteiger charge is -2.21. The minimum atomic E-state index is 0.138. The summed E-state index contributed by atoms with van der Waals surface area (Å²) in [7, 11) is 0. The SMILES string of the molecule is CCNC(Cc1c(Cl)cccc1Cl)c1cc(Br)ccc1Br. The van der Waals surface area contributed by atoms with Gasteiger partial charge in [-0.3, -0.25) is 0 Å². The molecule has 0 aliphatic carbocycles. The zero-order valence-corrected chi connectivity index (χ0v) is 16.2. The monoisotopic (exact) mass is 449 g/mol. The summed E-state index contributed by atoms with van der Waals surface area (Å²) in [6.07, 6.45) is 0.738. The summed E-state index contributed by atoms with van der Waals surface area (Å²) in [5.41, 5.74) is 2.15. The number of halogens is 4. The second kappa shape index (κ2) is 7.98. The Hall–Kier alpha value is -0.0600. The molecule has 0 radical (unpaired) electrons. The van der Waals surface area contributed by atoms with Crippen molar-refractivity contribution in [2.24, 2.45) is 0 Å². The van der Waals surface area contributed by atoms with Crippen LogP contribution in [0, 0.1) is 0 Å². The van der Waals surface area contributed by atoms with Crippen LogP contribution in [-0.2, 0) is 6.42 Å². The Morgan fingerprint density at radius 2 is 1.76 bits per heavy atom. The van der Waals surface area contributed by atoms with Gasteiger partial charge in [-0.05, 0) is 54.4 Å². The van der Waals surface area contributed by atoms with Crippen molar-refractivity contribution in [1.82, 2.24) is 5.32 Å². The molecule has 2 aromatic rings. The Kier molecular flexibility index (Phi) is 6.57. The van der Waals surface area contributed by atoms with Crippen molar-refractivity contribution in [3.63, 3.8) is 0 Å². The summed E-state index contributed by atoms with van der Waals surface area (Å²) >= 11 is 19.8. The van der Waals surface area contributed by atoms with Gasteiger partial charge in [-0.15, -0.1) is 0 Å². The molecule has 1 unspecified atom stereocenters. The molecule has 112 valence electrons. The van der Waals surface area contributed by atoms with Crippen LogP contribution in [0.4, 0.5) is 0 Å². The number of rotatable bonds is 5. The predicted molar refractivity (Wildman–Crippen MR) is 98.4 cm³/mol. The van der Waals surface area contributed by atoms with Crippen molar-refractivity contribution in [2.75, 3.05) is 6.54 Å². The zero-order valence-electron chi connectivity index (χ0n) is 11.5. The lowest BCUT2D eigenvalue weighted by molar-refractivity contribution is 0.548. The molecule has 1 nitrogen and oxygen atoms in total. The molecular weight excluding hydrogens is 437 g/mol. The second-order valence-corrected chi connectivity index (χ2v) is 7.26. The minimum absolute atomic E-state index is 0.138. The van der Waals surface area contributed by atoms with Crippen LogP contribution in [0.1, 0.15) is 24.1 Å². The van der Waals surface area contributed by atoms with Gasteiger partial charge < -0.3 is 5.32 Å². The summed E-state index contributed by atoms with van der Waals surface area (Å²) in [6, 6.07) is 11.9. The van der Waals surface area contributed by atoms with E-state index in [1.165, 1.54) is 5.56 Å². The van der Waals surface area contributed by atoms with Gasteiger partial charge in [0.15, 0.2) is 0 Å². The van der Waals surface area contributed by atoms with E-state index in [1.54, 1.807) is 0 Å². The first-order valence-corrected chi connectivity index (χ1v) is 8.98. The Balaban J connectivity index is 2.38. The molecule has 2 rings (SSSR count). The van der Waals surface area contributed by atoms with E-state index in [0.29, 0.717) is 10.0 Å². The molecule has 1 atom stereocenters. The van der Waals surface area contributed by atoms with Crippen LogP contribution in [0.3, 0.4) is 0 Å². The summed E-state index contributed by atoms with van der Waals surface area (Å²) in [5, 5.41) is 4.91. The highest BCUT2D eigenvalue weighted by Gasteiger charge is 2.17. The fraction of sp³-hybridized carbons (Fsp3) is 0.250. The van der Waals surface area contributed by atoms with Crippen molar-refractivity contribution < 1.29 is 0 Å². The van der Waals surface area contributed by atoms with Gasteiger partial charge in [0, 0.05) is 25.0 Å². The average molecular weight is 452 g/mol. The third-order valence-electron chi connectivity index (χ3n) is 3.25.